The molecule has 2 aromatic carbocycles. The number of carbonyl (C=O) groups is 2. The quantitative estimate of drug-likeness (QED) is 0.390. The fourth-order valence-corrected chi connectivity index (χ4v) is 3.46. The lowest BCUT2D eigenvalue weighted by molar-refractivity contribution is -0.117. The minimum Gasteiger partial charge on any atom is -0.478 e. The topological polar surface area (TPSA) is 66.4 Å². The van der Waals surface area contributed by atoms with Crippen molar-refractivity contribution in [2.45, 2.75) is 17.2 Å². The highest BCUT2D eigenvalue weighted by Gasteiger charge is 2.38. The van der Waals surface area contributed by atoms with Gasteiger partial charge in [0.25, 0.3) is 0 Å². The Balaban J connectivity index is 2.43. The zero-order valence-electron chi connectivity index (χ0n) is 13.5. The molecule has 0 bridgehead atoms. The summed E-state index contributed by atoms with van der Waals surface area (Å²) in [5.74, 6) is -4.24. The minimum absolute atomic E-state index is 0.0486. The number of carboxylic acids is 1. The van der Waals surface area contributed by atoms with Crippen molar-refractivity contribution in [3.8, 4) is 0 Å². The van der Waals surface area contributed by atoms with Gasteiger partial charge in [0.05, 0.1) is 26.5 Å². The second-order valence-electron chi connectivity index (χ2n) is 5.68. The average molecular weight is 474 g/mol. The number of halogens is 6. The molecule has 0 saturated heterocycles. The molecule has 4 nitrogen and oxygen atoms in total. The van der Waals surface area contributed by atoms with E-state index in [2.05, 4.69) is 5.32 Å². The number of nitrogens with one attached hydrogen (secondary N) is 1. The van der Waals surface area contributed by atoms with Crippen molar-refractivity contribution >= 4 is 75.6 Å². The van der Waals surface area contributed by atoms with E-state index in [-0.39, 0.29) is 20.8 Å². The molecular weight excluding hydrogens is 462 g/mol. The normalized spacial score (nSPS) is 12.6. The van der Waals surface area contributed by atoms with Crippen LogP contribution in [0.4, 0.5) is 10.1 Å². The third-order valence-corrected chi connectivity index (χ3v) is 5.21. The van der Waals surface area contributed by atoms with E-state index in [9.17, 15) is 14.0 Å². The molecule has 0 fully saturated rings. The van der Waals surface area contributed by atoms with Gasteiger partial charge in [-0.25, -0.2) is 9.18 Å². The fourth-order valence-electron chi connectivity index (χ4n) is 2.40. The van der Waals surface area contributed by atoms with Crippen molar-refractivity contribution in [1.29, 1.82) is 0 Å². The molecule has 144 valence electrons. The van der Waals surface area contributed by atoms with Gasteiger partial charge in [-0.05, 0) is 42.8 Å². The molecule has 2 rings (SSSR count). The molecule has 0 unspecified atom stereocenters. The van der Waals surface area contributed by atoms with Gasteiger partial charge in [0.2, 0.25) is 5.91 Å². The number of aromatic carboxylic acids is 1. The minimum atomic E-state index is -1.58. The van der Waals surface area contributed by atoms with E-state index in [1.807, 2.05) is 0 Å². The van der Waals surface area contributed by atoms with Crippen molar-refractivity contribution in [2.75, 3.05) is 5.32 Å². The van der Waals surface area contributed by atoms with Crippen LogP contribution in [0.2, 0.25) is 15.1 Å². The molecule has 1 atom stereocenters. The molecule has 1 amide bonds. The Hall–Kier alpha value is -1.24. The summed E-state index contributed by atoms with van der Waals surface area (Å²) >= 11 is 30.3. The van der Waals surface area contributed by atoms with Gasteiger partial charge < -0.3 is 10.4 Å². The average Bonchev–Trinajstić information content (AvgIpc) is 2.52. The maximum Gasteiger partial charge on any atom is 0.338 e. The van der Waals surface area contributed by atoms with Gasteiger partial charge in [0, 0.05) is 5.69 Å². The lowest BCUT2D eigenvalue weighted by atomic mass is 9.94. The first kappa shape index (κ1) is 22.1. The lowest BCUT2D eigenvalue weighted by Gasteiger charge is -2.26. The van der Waals surface area contributed by atoms with E-state index < -0.39 is 33.5 Å². The number of carbonyl (C=O) groups excluding carboxylic acids is 1. The van der Waals surface area contributed by atoms with E-state index in [0.717, 1.165) is 12.1 Å². The van der Waals surface area contributed by atoms with Gasteiger partial charge in [0.15, 0.2) is 0 Å². The van der Waals surface area contributed by atoms with Crippen molar-refractivity contribution in [2.24, 2.45) is 0 Å². The zero-order chi connectivity index (χ0) is 20.5. The van der Waals surface area contributed by atoms with E-state index in [1.165, 1.54) is 25.1 Å². The highest BCUT2D eigenvalue weighted by atomic mass is 35.5. The number of rotatable bonds is 5. The van der Waals surface area contributed by atoms with Crippen LogP contribution in [0.15, 0.2) is 30.3 Å². The van der Waals surface area contributed by atoms with E-state index >= 15 is 0 Å². The van der Waals surface area contributed by atoms with Crippen LogP contribution in [-0.2, 0) is 4.79 Å². The Morgan fingerprint density at radius 1 is 1.11 bits per heavy atom. The number of carboxylic acid groups (broad SMARTS) is 1. The molecule has 2 N–H and O–H groups in total. The molecule has 0 aliphatic rings. The molecule has 10 heteroatoms. The highest BCUT2D eigenvalue weighted by molar-refractivity contribution is 6.50. The summed E-state index contributed by atoms with van der Waals surface area (Å²) in [5.41, 5.74) is -0.256. The first-order valence-corrected chi connectivity index (χ1v) is 9.16. The first-order valence-electron chi connectivity index (χ1n) is 7.27. The van der Waals surface area contributed by atoms with E-state index in [1.54, 1.807) is 0 Å². The van der Waals surface area contributed by atoms with Crippen molar-refractivity contribution in [1.82, 2.24) is 0 Å². The monoisotopic (exact) mass is 471 g/mol. The maximum atomic E-state index is 13.5. The molecule has 0 heterocycles. The number of hydrogen-bond acceptors (Lipinski definition) is 2. The Morgan fingerprint density at radius 2 is 1.67 bits per heavy atom. The van der Waals surface area contributed by atoms with E-state index in [0.29, 0.717) is 5.56 Å². The third kappa shape index (κ3) is 5.18. The molecule has 0 aliphatic heterocycles. The van der Waals surface area contributed by atoms with E-state index in [4.69, 9.17) is 63.1 Å². The Labute approximate surface area is 179 Å². The molecule has 2 aromatic rings. The largest absolute Gasteiger partial charge is 0.478 e. The zero-order valence-corrected chi connectivity index (χ0v) is 17.3. The summed E-state index contributed by atoms with van der Waals surface area (Å²) < 4.78 is 11.9. The predicted molar refractivity (Wildman–Crippen MR) is 106 cm³/mol. The van der Waals surface area contributed by atoms with Gasteiger partial charge in [-0.1, -0.05) is 34.8 Å². The summed E-state index contributed by atoms with van der Waals surface area (Å²) in [4.78, 5) is 23.8. The van der Waals surface area contributed by atoms with Crippen LogP contribution in [0.3, 0.4) is 0 Å². The van der Waals surface area contributed by atoms with Gasteiger partial charge >= 0.3 is 5.97 Å². The van der Waals surface area contributed by atoms with Gasteiger partial charge in [-0.15, -0.1) is 23.2 Å². The van der Waals surface area contributed by atoms with Gasteiger partial charge in [0.1, 0.15) is 10.2 Å². The molecule has 0 aromatic heterocycles. The Kier molecular flexibility index (Phi) is 6.87. The molecule has 0 spiro atoms. The second kappa shape index (κ2) is 8.41. The SMILES string of the molecule is CC(Cl)(Cl)[C@H](C(=O)Nc1ccc(F)c(C(=O)O)c1)c1cc(Cl)c(Cl)c(Cl)c1. The van der Waals surface area contributed by atoms with Crippen molar-refractivity contribution in [3.63, 3.8) is 0 Å². The summed E-state index contributed by atoms with van der Waals surface area (Å²) in [6.07, 6.45) is 0. The van der Waals surface area contributed by atoms with Crippen LogP contribution in [-0.4, -0.2) is 21.3 Å². The summed E-state index contributed by atoms with van der Waals surface area (Å²) in [7, 11) is 0. The highest BCUT2D eigenvalue weighted by Crippen LogP contribution is 2.42. The third-order valence-electron chi connectivity index (χ3n) is 3.57. The summed E-state index contributed by atoms with van der Waals surface area (Å²) in [5, 5.41) is 11.8. The molecule has 0 aliphatic carbocycles. The lowest BCUT2D eigenvalue weighted by Crippen LogP contribution is -2.32. The van der Waals surface area contributed by atoms with Crippen LogP contribution < -0.4 is 5.32 Å². The number of hydrogen-bond donors (Lipinski definition) is 2. The number of benzene rings is 2. The second-order valence-corrected chi connectivity index (χ2v) is 8.63. The van der Waals surface area contributed by atoms with Gasteiger partial charge in [-0.2, -0.15) is 0 Å². The number of amides is 1. The van der Waals surface area contributed by atoms with Crippen LogP contribution >= 0.6 is 58.0 Å². The van der Waals surface area contributed by atoms with Crippen molar-refractivity contribution < 1.29 is 19.1 Å². The van der Waals surface area contributed by atoms with Crippen molar-refractivity contribution in [3.05, 3.63) is 62.3 Å². The van der Waals surface area contributed by atoms with Crippen LogP contribution in [0.1, 0.15) is 28.8 Å². The molecule has 0 radical (unpaired) electrons. The Bertz CT molecular complexity index is 891. The number of anilines is 1. The smallest absolute Gasteiger partial charge is 0.338 e. The van der Waals surface area contributed by atoms with Crippen LogP contribution in [0, 0.1) is 5.82 Å². The first-order chi connectivity index (χ1) is 12.4. The fraction of sp³-hybridized carbons (Fsp3) is 0.176. The van der Waals surface area contributed by atoms with Crippen LogP contribution in [0.5, 0.6) is 0 Å². The summed E-state index contributed by atoms with van der Waals surface area (Å²) in [6, 6.07) is 5.91. The maximum absolute atomic E-state index is 13.5. The van der Waals surface area contributed by atoms with Gasteiger partial charge in [-0.3, -0.25) is 4.79 Å². The molecule has 27 heavy (non-hydrogen) atoms. The molecular formula is C17H11Cl5FNO3. The number of alkyl halides is 2. The van der Waals surface area contributed by atoms with Crippen LogP contribution in [0.25, 0.3) is 0 Å². The summed E-state index contributed by atoms with van der Waals surface area (Å²) in [6.45, 7) is 1.39. The standard InChI is InChI=1S/C17H11Cl5FNO3/c1-17(21,22)13(7-4-10(18)14(20)11(19)5-7)15(25)24-8-2-3-12(23)9(6-8)16(26)27/h2-6,13H,1H3,(H,24,25)(H,26,27)/t13-/m0/s1. The predicted octanol–water partition coefficient (Wildman–Crippen LogP) is 6.40. The molecule has 0 saturated carbocycles. The Morgan fingerprint density at radius 3 is 2.15 bits per heavy atom.